The van der Waals surface area contributed by atoms with Crippen LogP contribution in [0.1, 0.15) is 55.5 Å². The number of carbonyl (C=O) groups excluding carboxylic acids is 3. The number of rotatable bonds is 10. The fourth-order valence-corrected chi connectivity index (χ4v) is 3.44. The summed E-state index contributed by atoms with van der Waals surface area (Å²) in [6, 6.07) is 6.39. The second-order valence-corrected chi connectivity index (χ2v) is 8.22. The number of allylic oxidation sites excluding steroid dienone is 2. The van der Waals surface area contributed by atoms with E-state index >= 15 is 0 Å². The number of ether oxygens (including phenoxy) is 1. The molecule has 2 atom stereocenters. The zero-order valence-electron chi connectivity index (χ0n) is 20.7. The van der Waals surface area contributed by atoms with Crippen LogP contribution in [0.25, 0.3) is 0 Å². The highest BCUT2D eigenvalue weighted by Crippen LogP contribution is 2.21. The number of nitrogens with zero attached hydrogens (tertiary/aromatic N) is 1. The van der Waals surface area contributed by atoms with Gasteiger partial charge in [0.1, 0.15) is 0 Å². The van der Waals surface area contributed by atoms with Gasteiger partial charge in [-0.05, 0) is 56.0 Å². The number of amides is 2. The van der Waals surface area contributed by atoms with E-state index in [4.69, 9.17) is 0 Å². The van der Waals surface area contributed by atoms with Crippen molar-refractivity contribution < 1.29 is 19.1 Å². The maximum atomic E-state index is 12.8. The summed E-state index contributed by atoms with van der Waals surface area (Å²) in [5.41, 5.74) is 2.40. The molecule has 1 saturated carbocycles. The highest BCUT2D eigenvalue weighted by Gasteiger charge is 2.34. The molecule has 1 aliphatic carbocycles. The molecule has 0 bridgehead atoms. The molecule has 1 aliphatic rings. The van der Waals surface area contributed by atoms with Crippen molar-refractivity contribution in [2.45, 2.75) is 57.7 Å². The molecule has 0 radical (unpaired) electrons. The standard InChI is InChI=1S/C27H35N3O4/c1-6-10-21(19(2)29-23-17-18-23)12-9-7-8-11-20-13-15-22(16-14-20)26(32)30(4)24(25(31)28-3)27(33)34-5/h9-10,12-16,19,23-24,29H,6-7,17-18H2,1-5H3,(H,28,31)/b12-9-,21-10+. The molecule has 1 aromatic carbocycles. The molecule has 0 saturated heterocycles. The molecule has 0 aromatic heterocycles. The van der Waals surface area contributed by atoms with Gasteiger partial charge in [-0.25, -0.2) is 4.79 Å². The number of benzene rings is 1. The molecule has 0 aliphatic heterocycles. The minimum absolute atomic E-state index is 0.335. The Bertz CT molecular complexity index is 965. The average Bonchev–Trinajstić information content (AvgIpc) is 3.66. The van der Waals surface area contributed by atoms with E-state index in [1.54, 1.807) is 24.3 Å². The van der Waals surface area contributed by atoms with E-state index in [0.29, 0.717) is 24.1 Å². The van der Waals surface area contributed by atoms with Gasteiger partial charge in [-0.3, -0.25) is 9.59 Å². The first-order valence-corrected chi connectivity index (χ1v) is 11.6. The lowest BCUT2D eigenvalue weighted by Gasteiger charge is -2.24. The van der Waals surface area contributed by atoms with Gasteiger partial charge in [0.05, 0.1) is 7.11 Å². The van der Waals surface area contributed by atoms with Crippen molar-refractivity contribution in [1.29, 1.82) is 0 Å². The normalized spacial score (nSPS) is 15.1. The van der Waals surface area contributed by atoms with Gasteiger partial charge in [0.2, 0.25) is 6.04 Å². The fraction of sp³-hybridized carbons (Fsp3) is 0.444. The lowest BCUT2D eigenvalue weighted by atomic mass is 10.1. The van der Waals surface area contributed by atoms with Crippen molar-refractivity contribution in [3.8, 4) is 11.8 Å². The number of esters is 1. The van der Waals surface area contributed by atoms with Crippen LogP contribution in [0.15, 0.2) is 48.1 Å². The third kappa shape index (κ3) is 7.89. The maximum absolute atomic E-state index is 12.8. The van der Waals surface area contributed by atoms with Crippen molar-refractivity contribution in [3.05, 3.63) is 59.2 Å². The van der Waals surface area contributed by atoms with Gasteiger partial charge in [0, 0.05) is 43.7 Å². The first-order valence-electron chi connectivity index (χ1n) is 11.6. The molecular formula is C27H35N3O4. The van der Waals surface area contributed by atoms with Crippen LogP contribution >= 0.6 is 0 Å². The van der Waals surface area contributed by atoms with E-state index in [1.165, 1.54) is 39.6 Å². The van der Waals surface area contributed by atoms with Crippen molar-refractivity contribution in [3.63, 3.8) is 0 Å². The minimum Gasteiger partial charge on any atom is -0.467 e. The van der Waals surface area contributed by atoms with Crippen LogP contribution in [0.4, 0.5) is 0 Å². The molecule has 1 aromatic rings. The summed E-state index contributed by atoms with van der Waals surface area (Å²) in [6.07, 6.45) is 10.6. The molecule has 2 N–H and O–H groups in total. The smallest absolute Gasteiger partial charge is 0.338 e. The van der Waals surface area contributed by atoms with Gasteiger partial charge in [-0.15, -0.1) is 0 Å². The zero-order chi connectivity index (χ0) is 25.1. The fourth-order valence-electron chi connectivity index (χ4n) is 3.44. The summed E-state index contributed by atoms with van der Waals surface area (Å²) in [5, 5.41) is 6.00. The van der Waals surface area contributed by atoms with Crippen LogP contribution in [-0.2, 0) is 14.3 Å². The van der Waals surface area contributed by atoms with Gasteiger partial charge in [-0.2, -0.15) is 0 Å². The van der Waals surface area contributed by atoms with Gasteiger partial charge in [-0.1, -0.05) is 37.0 Å². The van der Waals surface area contributed by atoms with Gasteiger partial charge < -0.3 is 20.3 Å². The Morgan fingerprint density at radius 3 is 2.47 bits per heavy atom. The number of methoxy groups -OCH3 is 1. The van der Waals surface area contributed by atoms with E-state index in [0.717, 1.165) is 16.9 Å². The molecule has 2 unspecified atom stereocenters. The van der Waals surface area contributed by atoms with E-state index in [1.807, 2.05) is 0 Å². The second kappa shape index (κ2) is 13.4. The van der Waals surface area contributed by atoms with Crippen LogP contribution < -0.4 is 10.6 Å². The quantitative estimate of drug-likeness (QED) is 0.240. The summed E-state index contributed by atoms with van der Waals surface area (Å²) in [6.45, 7) is 4.33. The van der Waals surface area contributed by atoms with Crippen LogP contribution in [0.5, 0.6) is 0 Å². The first-order chi connectivity index (χ1) is 16.3. The molecule has 2 amide bonds. The number of hydrogen-bond donors (Lipinski definition) is 2. The van der Waals surface area contributed by atoms with E-state index < -0.39 is 23.8 Å². The van der Waals surface area contributed by atoms with Crippen molar-refractivity contribution >= 4 is 17.8 Å². The van der Waals surface area contributed by atoms with Crippen LogP contribution in [-0.4, -0.2) is 62.0 Å². The summed E-state index contributed by atoms with van der Waals surface area (Å²) in [5.74, 6) is 4.34. The molecular weight excluding hydrogens is 430 g/mol. The SMILES string of the molecule is CC/C=C(\C=C/CC#Cc1ccc(C(=O)N(C)C(C(=O)NC)C(=O)OC)cc1)C(C)NC1CC1. The Morgan fingerprint density at radius 2 is 1.91 bits per heavy atom. The second-order valence-electron chi connectivity index (χ2n) is 8.22. The number of hydrogen-bond acceptors (Lipinski definition) is 5. The zero-order valence-corrected chi connectivity index (χ0v) is 20.7. The molecule has 182 valence electrons. The van der Waals surface area contributed by atoms with Gasteiger partial charge >= 0.3 is 5.97 Å². The largest absolute Gasteiger partial charge is 0.467 e. The molecule has 7 heteroatoms. The highest BCUT2D eigenvalue weighted by molar-refractivity contribution is 6.07. The predicted molar refractivity (Wildman–Crippen MR) is 133 cm³/mol. The third-order valence-electron chi connectivity index (χ3n) is 5.52. The first kappa shape index (κ1) is 26.9. The minimum atomic E-state index is -1.36. The van der Waals surface area contributed by atoms with Crippen molar-refractivity contribution in [2.24, 2.45) is 0 Å². The van der Waals surface area contributed by atoms with Gasteiger partial charge in [0.15, 0.2) is 0 Å². The predicted octanol–water partition coefficient (Wildman–Crippen LogP) is 2.82. The molecule has 7 nitrogen and oxygen atoms in total. The lowest BCUT2D eigenvalue weighted by molar-refractivity contribution is -0.150. The average molecular weight is 466 g/mol. The molecule has 0 heterocycles. The number of carbonyl (C=O) groups is 3. The Balaban J connectivity index is 1.98. The van der Waals surface area contributed by atoms with E-state index in [-0.39, 0.29) is 0 Å². The number of nitrogens with one attached hydrogen (secondary N) is 2. The Morgan fingerprint density at radius 1 is 1.24 bits per heavy atom. The van der Waals surface area contributed by atoms with Gasteiger partial charge in [0.25, 0.3) is 11.8 Å². The Kier molecular flexibility index (Phi) is 10.6. The topological polar surface area (TPSA) is 87.7 Å². The van der Waals surface area contributed by atoms with Crippen LogP contribution in [0.2, 0.25) is 0 Å². The van der Waals surface area contributed by atoms with E-state index in [2.05, 4.69) is 59.3 Å². The molecule has 1 fully saturated rings. The van der Waals surface area contributed by atoms with Crippen LogP contribution in [0, 0.1) is 11.8 Å². The van der Waals surface area contributed by atoms with Crippen molar-refractivity contribution in [1.82, 2.24) is 15.5 Å². The molecule has 0 spiro atoms. The highest BCUT2D eigenvalue weighted by atomic mass is 16.5. The summed E-state index contributed by atoms with van der Waals surface area (Å²) in [4.78, 5) is 37.8. The van der Waals surface area contributed by atoms with E-state index in [9.17, 15) is 14.4 Å². The lowest BCUT2D eigenvalue weighted by Crippen LogP contribution is -2.51. The Labute approximate surface area is 202 Å². The maximum Gasteiger partial charge on any atom is 0.338 e. The summed E-state index contributed by atoms with van der Waals surface area (Å²) < 4.78 is 4.66. The molecule has 34 heavy (non-hydrogen) atoms. The molecule has 2 rings (SSSR count). The third-order valence-corrected chi connectivity index (χ3v) is 5.52. The number of likely N-dealkylation sites (N-methyl/N-ethyl adjacent to an activating group) is 2. The van der Waals surface area contributed by atoms with Crippen molar-refractivity contribution in [2.75, 3.05) is 21.2 Å². The van der Waals surface area contributed by atoms with Crippen LogP contribution in [0.3, 0.4) is 0 Å². The summed E-state index contributed by atoms with van der Waals surface area (Å²) >= 11 is 0. The summed E-state index contributed by atoms with van der Waals surface area (Å²) in [7, 11) is 3.96. The Hall–Kier alpha value is -3.37. The monoisotopic (exact) mass is 465 g/mol.